The van der Waals surface area contributed by atoms with Crippen LogP contribution in [0.15, 0.2) is 58.1 Å². The summed E-state index contributed by atoms with van der Waals surface area (Å²) in [6.45, 7) is 1.88. The Labute approximate surface area is 174 Å². The number of carbonyl (C=O) groups is 2. The number of halogens is 1. The topological polar surface area (TPSA) is 72.6 Å². The third kappa shape index (κ3) is 2.89. The van der Waals surface area contributed by atoms with Gasteiger partial charge in [-0.3, -0.25) is 14.4 Å². The zero-order valence-electron chi connectivity index (χ0n) is 16.1. The molecule has 1 aromatic carbocycles. The molecule has 146 valence electrons. The Morgan fingerprint density at radius 3 is 2.59 bits per heavy atom. The SMILES string of the molecule is CNC(=O)c1cn(C)c2ccc(C(=O)c3c(C)c(Br)c4ccccn34)cc2c1=O. The second-order valence-electron chi connectivity index (χ2n) is 6.87. The van der Waals surface area contributed by atoms with Crippen LogP contribution >= 0.6 is 15.9 Å². The fourth-order valence-corrected chi connectivity index (χ4v) is 4.15. The molecule has 0 fully saturated rings. The Morgan fingerprint density at radius 2 is 1.86 bits per heavy atom. The average molecular weight is 452 g/mol. The highest BCUT2D eigenvalue weighted by Gasteiger charge is 2.22. The standard InChI is InChI=1S/C22H18BrN3O3/c1-12-18(23)17-6-4-5-9-26(17)19(12)20(27)13-7-8-16-14(10-13)21(28)15(11-25(16)3)22(29)24-2/h4-11H,1-3H3,(H,24,29). The number of aryl methyl sites for hydroxylation is 1. The van der Waals surface area contributed by atoms with Crippen molar-refractivity contribution in [3.8, 4) is 0 Å². The highest BCUT2D eigenvalue weighted by molar-refractivity contribution is 9.10. The molecular weight excluding hydrogens is 434 g/mol. The number of amides is 1. The summed E-state index contributed by atoms with van der Waals surface area (Å²) in [6.07, 6.45) is 3.34. The van der Waals surface area contributed by atoms with Crippen LogP contribution in [0.25, 0.3) is 16.4 Å². The number of hydrogen-bond acceptors (Lipinski definition) is 3. The predicted molar refractivity (Wildman–Crippen MR) is 116 cm³/mol. The van der Waals surface area contributed by atoms with E-state index in [1.54, 1.807) is 29.8 Å². The molecule has 0 aliphatic rings. The number of benzene rings is 1. The highest BCUT2D eigenvalue weighted by Crippen LogP contribution is 2.30. The van der Waals surface area contributed by atoms with Crippen molar-refractivity contribution in [3.63, 3.8) is 0 Å². The van der Waals surface area contributed by atoms with E-state index in [1.807, 2.05) is 35.7 Å². The first-order valence-electron chi connectivity index (χ1n) is 9.00. The van der Waals surface area contributed by atoms with Crippen molar-refractivity contribution in [3.05, 3.63) is 85.9 Å². The molecule has 4 rings (SSSR count). The van der Waals surface area contributed by atoms with E-state index in [9.17, 15) is 14.4 Å². The van der Waals surface area contributed by atoms with E-state index in [0.29, 0.717) is 22.2 Å². The number of carbonyl (C=O) groups excluding carboxylic acids is 2. The molecule has 0 saturated heterocycles. The van der Waals surface area contributed by atoms with E-state index in [1.165, 1.54) is 13.2 Å². The Bertz CT molecular complexity index is 1380. The number of nitrogens with one attached hydrogen (secondary N) is 1. The summed E-state index contributed by atoms with van der Waals surface area (Å²) < 4.78 is 4.41. The van der Waals surface area contributed by atoms with Gasteiger partial charge in [0.15, 0.2) is 0 Å². The van der Waals surface area contributed by atoms with Gasteiger partial charge in [0.05, 0.1) is 16.7 Å². The fourth-order valence-electron chi connectivity index (χ4n) is 3.64. The minimum absolute atomic E-state index is 0.0409. The third-order valence-electron chi connectivity index (χ3n) is 5.15. The minimum Gasteiger partial charge on any atom is -0.355 e. The summed E-state index contributed by atoms with van der Waals surface area (Å²) in [6, 6.07) is 10.7. The van der Waals surface area contributed by atoms with Crippen molar-refractivity contribution in [1.82, 2.24) is 14.3 Å². The summed E-state index contributed by atoms with van der Waals surface area (Å²) in [5.74, 6) is -0.648. The zero-order chi connectivity index (χ0) is 20.9. The highest BCUT2D eigenvalue weighted by atomic mass is 79.9. The molecule has 7 heteroatoms. The Kier molecular flexibility index (Phi) is 4.62. The molecule has 0 spiro atoms. The maximum absolute atomic E-state index is 13.4. The number of hydrogen-bond donors (Lipinski definition) is 1. The molecule has 1 amide bonds. The first-order valence-corrected chi connectivity index (χ1v) is 9.79. The summed E-state index contributed by atoms with van der Waals surface area (Å²) in [4.78, 5) is 38.3. The van der Waals surface area contributed by atoms with Crippen LogP contribution in [0.3, 0.4) is 0 Å². The van der Waals surface area contributed by atoms with Crippen molar-refractivity contribution in [2.24, 2.45) is 7.05 Å². The van der Waals surface area contributed by atoms with E-state index < -0.39 is 11.3 Å². The first-order chi connectivity index (χ1) is 13.8. The van der Waals surface area contributed by atoms with Gasteiger partial charge >= 0.3 is 0 Å². The van der Waals surface area contributed by atoms with Gasteiger partial charge in [0.25, 0.3) is 5.91 Å². The van der Waals surface area contributed by atoms with Gasteiger partial charge in [-0.1, -0.05) is 6.07 Å². The summed E-state index contributed by atoms with van der Waals surface area (Å²) in [7, 11) is 3.24. The number of aromatic nitrogens is 2. The summed E-state index contributed by atoms with van der Waals surface area (Å²) in [5.41, 5.74) is 2.94. The molecule has 0 bridgehead atoms. The molecule has 6 nitrogen and oxygen atoms in total. The monoisotopic (exact) mass is 451 g/mol. The molecule has 0 unspecified atom stereocenters. The van der Waals surface area contributed by atoms with Crippen molar-refractivity contribution >= 4 is 44.0 Å². The number of ketones is 1. The molecule has 3 aromatic heterocycles. The van der Waals surface area contributed by atoms with Crippen LogP contribution in [0.4, 0.5) is 0 Å². The predicted octanol–water partition coefficient (Wildman–Crippen LogP) is 3.45. The van der Waals surface area contributed by atoms with Gasteiger partial charge in [-0.25, -0.2) is 0 Å². The first kappa shape index (κ1) is 19.1. The van der Waals surface area contributed by atoms with Crippen molar-refractivity contribution in [2.45, 2.75) is 6.92 Å². The molecule has 0 aliphatic heterocycles. The van der Waals surface area contributed by atoms with Crippen molar-refractivity contribution in [1.29, 1.82) is 0 Å². The van der Waals surface area contributed by atoms with Gasteiger partial charge in [0, 0.05) is 41.9 Å². The zero-order valence-corrected chi connectivity index (χ0v) is 17.7. The Hall–Kier alpha value is -3.19. The molecular formula is C22H18BrN3O3. The number of pyridine rings is 2. The summed E-state index contributed by atoms with van der Waals surface area (Å²) >= 11 is 3.57. The van der Waals surface area contributed by atoms with Crippen LogP contribution in [0.2, 0.25) is 0 Å². The lowest BCUT2D eigenvalue weighted by Crippen LogP contribution is -2.26. The molecule has 1 N–H and O–H groups in total. The molecule has 0 saturated carbocycles. The lowest BCUT2D eigenvalue weighted by atomic mass is 10.0. The molecule has 29 heavy (non-hydrogen) atoms. The molecule has 0 aliphatic carbocycles. The number of nitrogens with zero attached hydrogens (tertiary/aromatic N) is 2. The third-order valence-corrected chi connectivity index (χ3v) is 6.15. The number of rotatable bonds is 3. The van der Waals surface area contributed by atoms with Gasteiger partial charge in [-0.05, 0) is 58.7 Å². The van der Waals surface area contributed by atoms with Gasteiger partial charge < -0.3 is 14.3 Å². The Morgan fingerprint density at radius 1 is 1.10 bits per heavy atom. The van der Waals surface area contributed by atoms with Crippen molar-refractivity contribution in [2.75, 3.05) is 7.05 Å². The van der Waals surface area contributed by atoms with Crippen LogP contribution < -0.4 is 10.7 Å². The van der Waals surface area contributed by atoms with Gasteiger partial charge in [-0.15, -0.1) is 0 Å². The minimum atomic E-state index is -0.457. The van der Waals surface area contributed by atoms with Crippen LogP contribution in [0.1, 0.15) is 32.0 Å². The quantitative estimate of drug-likeness (QED) is 0.484. The van der Waals surface area contributed by atoms with Gasteiger partial charge in [0.1, 0.15) is 5.56 Å². The lowest BCUT2D eigenvalue weighted by Gasteiger charge is -2.10. The number of fused-ring (bicyclic) bond motifs is 2. The second-order valence-corrected chi connectivity index (χ2v) is 7.66. The lowest BCUT2D eigenvalue weighted by molar-refractivity contribution is 0.0960. The van der Waals surface area contributed by atoms with Crippen LogP contribution in [0, 0.1) is 6.92 Å². The largest absolute Gasteiger partial charge is 0.355 e. The smallest absolute Gasteiger partial charge is 0.256 e. The van der Waals surface area contributed by atoms with E-state index in [0.717, 1.165) is 15.6 Å². The molecule has 0 radical (unpaired) electrons. The van der Waals surface area contributed by atoms with Gasteiger partial charge in [0.2, 0.25) is 11.2 Å². The van der Waals surface area contributed by atoms with Crippen LogP contribution in [-0.4, -0.2) is 27.7 Å². The normalized spacial score (nSPS) is 11.2. The van der Waals surface area contributed by atoms with Crippen molar-refractivity contribution < 1.29 is 9.59 Å². The van der Waals surface area contributed by atoms with Crippen LogP contribution in [0.5, 0.6) is 0 Å². The van der Waals surface area contributed by atoms with E-state index in [2.05, 4.69) is 21.2 Å². The second kappa shape index (κ2) is 7.00. The summed E-state index contributed by atoms with van der Waals surface area (Å²) in [5, 5.41) is 2.81. The molecule has 0 atom stereocenters. The van der Waals surface area contributed by atoms with E-state index in [4.69, 9.17) is 0 Å². The van der Waals surface area contributed by atoms with E-state index in [-0.39, 0.29) is 11.3 Å². The average Bonchev–Trinajstić information content (AvgIpc) is 2.99. The fraction of sp³-hybridized carbons (Fsp3) is 0.136. The molecule has 4 aromatic rings. The maximum atomic E-state index is 13.4. The van der Waals surface area contributed by atoms with Crippen LogP contribution in [-0.2, 0) is 7.05 Å². The van der Waals surface area contributed by atoms with Gasteiger partial charge in [-0.2, -0.15) is 0 Å². The maximum Gasteiger partial charge on any atom is 0.256 e. The molecule has 3 heterocycles. The van der Waals surface area contributed by atoms with E-state index >= 15 is 0 Å². The Balaban J connectivity index is 1.95.